The minimum absolute atomic E-state index is 0.119. The molecule has 0 radical (unpaired) electrons. The fraction of sp³-hybridized carbons (Fsp3) is 0.381. The molecular weight excluding hydrogens is 392 g/mol. The smallest absolute Gasteiger partial charge is 0.255 e. The van der Waals surface area contributed by atoms with Crippen LogP contribution in [0.5, 0.6) is 11.5 Å². The molecule has 1 amide bonds. The lowest BCUT2D eigenvalue weighted by atomic mass is 10.2. The predicted molar refractivity (Wildman–Crippen MR) is 113 cm³/mol. The Morgan fingerprint density at radius 3 is 2.17 bits per heavy atom. The minimum Gasteiger partial charge on any atom is -0.490 e. The summed E-state index contributed by atoms with van der Waals surface area (Å²) < 4.78 is 38.3. The van der Waals surface area contributed by atoms with Crippen LogP contribution < -0.4 is 19.5 Å². The van der Waals surface area contributed by atoms with E-state index in [4.69, 9.17) is 9.47 Å². The molecule has 158 valence electrons. The van der Waals surface area contributed by atoms with Crippen molar-refractivity contribution in [1.82, 2.24) is 4.72 Å². The van der Waals surface area contributed by atoms with Gasteiger partial charge in [0.15, 0.2) is 11.5 Å². The summed E-state index contributed by atoms with van der Waals surface area (Å²) in [5, 5.41) is 2.79. The lowest BCUT2D eigenvalue weighted by Gasteiger charge is -2.13. The summed E-state index contributed by atoms with van der Waals surface area (Å²) in [7, 11) is -3.61. The number of anilines is 1. The van der Waals surface area contributed by atoms with E-state index in [0.29, 0.717) is 42.4 Å². The summed E-state index contributed by atoms with van der Waals surface area (Å²) in [4.78, 5) is 12.7. The molecule has 0 spiro atoms. The highest BCUT2D eigenvalue weighted by Crippen LogP contribution is 2.30. The molecule has 2 rings (SSSR count). The number of carbonyl (C=O) groups excluding carboxylic acids is 1. The van der Waals surface area contributed by atoms with Gasteiger partial charge in [-0.2, -0.15) is 0 Å². The fourth-order valence-electron chi connectivity index (χ4n) is 2.53. The fourth-order valence-corrected chi connectivity index (χ4v) is 3.86. The number of hydrogen-bond acceptors (Lipinski definition) is 5. The van der Waals surface area contributed by atoms with E-state index >= 15 is 0 Å². The Morgan fingerprint density at radius 2 is 1.59 bits per heavy atom. The van der Waals surface area contributed by atoms with Crippen molar-refractivity contribution in [1.29, 1.82) is 0 Å². The molecule has 0 saturated carbocycles. The molecular formula is C21H28N2O5S. The Morgan fingerprint density at radius 1 is 0.966 bits per heavy atom. The summed E-state index contributed by atoms with van der Waals surface area (Å²) in [5.41, 5.74) is 0.899. The van der Waals surface area contributed by atoms with Gasteiger partial charge in [-0.1, -0.05) is 6.92 Å². The number of amides is 1. The van der Waals surface area contributed by atoms with Gasteiger partial charge < -0.3 is 14.8 Å². The van der Waals surface area contributed by atoms with E-state index in [1.807, 2.05) is 20.8 Å². The summed E-state index contributed by atoms with van der Waals surface area (Å²) in [6, 6.07) is 10.8. The lowest BCUT2D eigenvalue weighted by Crippen LogP contribution is -2.32. The zero-order chi connectivity index (χ0) is 21.4. The number of ether oxygens (including phenoxy) is 2. The summed E-state index contributed by atoms with van der Waals surface area (Å²) in [6.07, 6.45) is 0.686. The molecule has 0 aromatic heterocycles. The molecule has 0 heterocycles. The number of benzene rings is 2. The Balaban J connectivity index is 2.14. The van der Waals surface area contributed by atoms with Gasteiger partial charge in [-0.3, -0.25) is 4.79 Å². The number of nitrogens with one attached hydrogen (secondary N) is 2. The van der Waals surface area contributed by atoms with Crippen molar-refractivity contribution >= 4 is 21.6 Å². The molecule has 0 aliphatic rings. The normalized spacial score (nSPS) is 12.3. The third kappa shape index (κ3) is 6.20. The standard InChI is InChI=1S/C21H28N2O5S/c1-5-15(4)23-29(25,26)18-11-8-16(9-12-18)21(24)22-17-10-13-19(27-6-2)20(14-17)28-7-3/h8-15,23H,5-7H2,1-4H3,(H,22,24). The zero-order valence-electron chi connectivity index (χ0n) is 17.2. The second-order valence-corrected chi connectivity index (χ2v) is 8.15. The van der Waals surface area contributed by atoms with E-state index in [-0.39, 0.29) is 16.8 Å². The SMILES string of the molecule is CCOc1ccc(NC(=O)c2ccc(S(=O)(=O)NC(C)CC)cc2)cc1OCC. The van der Waals surface area contributed by atoms with E-state index in [9.17, 15) is 13.2 Å². The number of hydrogen-bond donors (Lipinski definition) is 2. The summed E-state index contributed by atoms with van der Waals surface area (Å²) >= 11 is 0. The maximum absolute atomic E-state index is 12.5. The molecule has 0 saturated heterocycles. The van der Waals surface area contributed by atoms with Crippen molar-refractivity contribution in [2.45, 2.75) is 45.1 Å². The second-order valence-electron chi connectivity index (χ2n) is 6.44. The quantitative estimate of drug-likeness (QED) is 0.610. The van der Waals surface area contributed by atoms with Gasteiger partial charge in [0, 0.05) is 23.4 Å². The first-order valence-corrected chi connectivity index (χ1v) is 11.1. The highest BCUT2D eigenvalue weighted by molar-refractivity contribution is 7.89. The van der Waals surface area contributed by atoms with Crippen LogP contribution in [0.1, 0.15) is 44.5 Å². The monoisotopic (exact) mass is 420 g/mol. The van der Waals surface area contributed by atoms with Crippen LogP contribution in [-0.4, -0.2) is 33.6 Å². The van der Waals surface area contributed by atoms with Crippen LogP contribution in [0.25, 0.3) is 0 Å². The van der Waals surface area contributed by atoms with Gasteiger partial charge in [0.1, 0.15) is 0 Å². The zero-order valence-corrected chi connectivity index (χ0v) is 18.0. The van der Waals surface area contributed by atoms with E-state index in [2.05, 4.69) is 10.0 Å². The third-order valence-corrected chi connectivity index (χ3v) is 5.80. The molecule has 0 aliphatic carbocycles. The minimum atomic E-state index is -3.61. The average Bonchev–Trinajstić information content (AvgIpc) is 2.70. The average molecular weight is 421 g/mol. The third-order valence-electron chi connectivity index (χ3n) is 4.20. The first kappa shape index (κ1) is 22.7. The van der Waals surface area contributed by atoms with Crippen LogP contribution in [0.4, 0.5) is 5.69 Å². The first-order chi connectivity index (χ1) is 13.8. The number of carbonyl (C=O) groups is 1. The maximum Gasteiger partial charge on any atom is 0.255 e. The van der Waals surface area contributed by atoms with E-state index < -0.39 is 10.0 Å². The molecule has 0 aliphatic heterocycles. The van der Waals surface area contributed by atoms with Gasteiger partial charge in [-0.15, -0.1) is 0 Å². The Kier molecular flexibility index (Phi) is 8.04. The van der Waals surface area contributed by atoms with E-state index in [1.165, 1.54) is 24.3 Å². The van der Waals surface area contributed by atoms with Crippen molar-refractivity contribution in [3.8, 4) is 11.5 Å². The molecule has 0 bridgehead atoms. The van der Waals surface area contributed by atoms with Crippen LogP contribution in [0.2, 0.25) is 0 Å². The largest absolute Gasteiger partial charge is 0.490 e. The Bertz CT molecular complexity index is 927. The van der Waals surface area contributed by atoms with Gasteiger partial charge in [0.05, 0.1) is 18.1 Å². The van der Waals surface area contributed by atoms with Gasteiger partial charge in [0.2, 0.25) is 10.0 Å². The van der Waals surface area contributed by atoms with Crippen LogP contribution >= 0.6 is 0 Å². The van der Waals surface area contributed by atoms with Crippen LogP contribution in [0.3, 0.4) is 0 Å². The molecule has 8 heteroatoms. The number of sulfonamides is 1. The molecule has 2 N–H and O–H groups in total. The maximum atomic E-state index is 12.5. The van der Waals surface area contributed by atoms with Crippen molar-refractivity contribution < 1.29 is 22.7 Å². The van der Waals surface area contributed by atoms with E-state index in [0.717, 1.165) is 0 Å². The summed E-state index contributed by atoms with van der Waals surface area (Å²) in [5.74, 6) is 0.802. The molecule has 1 unspecified atom stereocenters. The van der Waals surface area contributed by atoms with Crippen molar-refractivity contribution in [2.24, 2.45) is 0 Å². The Labute approximate surface area is 172 Å². The van der Waals surface area contributed by atoms with Crippen LogP contribution in [-0.2, 0) is 10.0 Å². The van der Waals surface area contributed by atoms with Crippen LogP contribution in [0, 0.1) is 0 Å². The summed E-state index contributed by atoms with van der Waals surface area (Å²) in [6.45, 7) is 8.43. The van der Waals surface area contributed by atoms with Crippen molar-refractivity contribution in [2.75, 3.05) is 18.5 Å². The predicted octanol–water partition coefficient (Wildman–Crippen LogP) is 3.81. The first-order valence-electron chi connectivity index (χ1n) is 9.64. The van der Waals surface area contributed by atoms with Gasteiger partial charge in [0.25, 0.3) is 5.91 Å². The molecule has 2 aromatic rings. The molecule has 29 heavy (non-hydrogen) atoms. The Hall–Kier alpha value is -2.58. The van der Waals surface area contributed by atoms with Gasteiger partial charge >= 0.3 is 0 Å². The van der Waals surface area contributed by atoms with Crippen molar-refractivity contribution in [3.63, 3.8) is 0 Å². The van der Waals surface area contributed by atoms with Crippen molar-refractivity contribution in [3.05, 3.63) is 48.0 Å². The van der Waals surface area contributed by atoms with Gasteiger partial charge in [-0.25, -0.2) is 13.1 Å². The highest BCUT2D eigenvalue weighted by atomic mass is 32.2. The lowest BCUT2D eigenvalue weighted by molar-refractivity contribution is 0.102. The molecule has 0 fully saturated rings. The highest BCUT2D eigenvalue weighted by Gasteiger charge is 2.17. The number of rotatable bonds is 10. The molecule has 7 nitrogen and oxygen atoms in total. The topological polar surface area (TPSA) is 93.7 Å². The van der Waals surface area contributed by atoms with Gasteiger partial charge in [-0.05, 0) is 63.6 Å². The molecule has 2 aromatic carbocycles. The van der Waals surface area contributed by atoms with E-state index in [1.54, 1.807) is 25.1 Å². The second kappa shape index (κ2) is 10.3. The van der Waals surface area contributed by atoms with Crippen LogP contribution in [0.15, 0.2) is 47.4 Å². The molecule has 1 atom stereocenters.